The van der Waals surface area contributed by atoms with Crippen LogP contribution in [0.2, 0.25) is 5.82 Å². The van der Waals surface area contributed by atoms with Gasteiger partial charge in [0, 0.05) is 19.2 Å². The number of aliphatic imine (C=N–C) groups is 1. The predicted molar refractivity (Wildman–Crippen MR) is 80.0 cm³/mol. The number of hydrogen-bond acceptors (Lipinski definition) is 2. The Hall–Kier alpha value is -0.825. The summed E-state index contributed by atoms with van der Waals surface area (Å²) < 4.78 is 0. The third-order valence-electron chi connectivity index (χ3n) is 2.44. The third kappa shape index (κ3) is 8.93. The van der Waals surface area contributed by atoms with E-state index in [0.717, 1.165) is 25.1 Å². The summed E-state index contributed by atoms with van der Waals surface area (Å²) in [6, 6.07) is 0. The van der Waals surface area contributed by atoms with Gasteiger partial charge in [0.1, 0.15) is 0 Å². The van der Waals surface area contributed by atoms with Crippen molar-refractivity contribution in [2.24, 2.45) is 10.9 Å². The smallest absolute Gasteiger partial charge is 0.211 e. The average molecular weight is 233 g/mol. The zero-order chi connectivity index (χ0) is 13.3. The van der Waals surface area contributed by atoms with Gasteiger partial charge in [0.2, 0.25) is 7.41 Å². The summed E-state index contributed by atoms with van der Waals surface area (Å²) >= 11 is 0. The molecule has 0 amide bonds. The summed E-state index contributed by atoms with van der Waals surface area (Å²) in [6.45, 7) is 16.3. The summed E-state index contributed by atoms with van der Waals surface area (Å²) in [5, 5.41) is 0. The summed E-state index contributed by atoms with van der Waals surface area (Å²) in [6.07, 6.45) is 4.82. The van der Waals surface area contributed by atoms with Crippen molar-refractivity contribution in [2.75, 3.05) is 20.1 Å². The Morgan fingerprint density at radius 3 is 2.53 bits per heavy atom. The molecule has 0 bridgehead atoms. The molecule has 17 heavy (non-hydrogen) atoms. The number of rotatable bonds is 9. The van der Waals surface area contributed by atoms with Crippen LogP contribution in [0.1, 0.15) is 27.2 Å². The van der Waals surface area contributed by atoms with E-state index in [1.807, 2.05) is 19.3 Å². The van der Waals surface area contributed by atoms with Gasteiger partial charge in [0.15, 0.2) is 0 Å². The Labute approximate surface area is 108 Å². The molecule has 3 heteroatoms. The fraction of sp³-hybridized carbons (Fsp3) is 0.643. The van der Waals surface area contributed by atoms with Crippen LogP contribution >= 0.6 is 0 Å². The van der Waals surface area contributed by atoms with Crippen LogP contribution in [0.25, 0.3) is 0 Å². The van der Waals surface area contributed by atoms with E-state index in [-0.39, 0.29) is 0 Å². The highest BCUT2D eigenvalue weighted by Crippen LogP contribution is 2.08. The molecule has 1 atom stereocenters. The first-order chi connectivity index (χ1) is 7.99. The van der Waals surface area contributed by atoms with Gasteiger partial charge in [0.25, 0.3) is 0 Å². The maximum Gasteiger partial charge on any atom is 0.211 e. The molecule has 0 aliphatic rings. The molecule has 0 aromatic carbocycles. The third-order valence-corrected chi connectivity index (χ3v) is 2.44. The molecule has 2 nitrogen and oxygen atoms in total. The molecule has 0 spiro atoms. The Bertz CT molecular complexity index is 259. The van der Waals surface area contributed by atoms with Crippen molar-refractivity contribution in [3.63, 3.8) is 0 Å². The molecule has 0 aromatic rings. The van der Waals surface area contributed by atoms with Crippen LogP contribution in [-0.2, 0) is 0 Å². The summed E-state index contributed by atoms with van der Waals surface area (Å²) in [7, 11) is 4.11. The minimum atomic E-state index is 0.479. The van der Waals surface area contributed by atoms with Crippen molar-refractivity contribution < 1.29 is 0 Å². The Balaban J connectivity index is 4.22. The van der Waals surface area contributed by atoms with Crippen molar-refractivity contribution in [3.05, 3.63) is 24.8 Å². The van der Waals surface area contributed by atoms with Crippen LogP contribution in [0, 0.1) is 5.92 Å². The van der Waals surface area contributed by atoms with Gasteiger partial charge in [-0.2, -0.15) is 0 Å². The molecule has 0 saturated carbocycles. The van der Waals surface area contributed by atoms with Gasteiger partial charge in [0.05, 0.1) is 0 Å². The van der Waals surface area contributed by atoms with Gasteiger partial charge < -0.3 is 9.80 Å². The number of allylic oxidation sites excluding steroid dienone is 1. The van der Waals surface area contributed by atoms with Crippen molar-refractivity contribution in [1.82, 2.24) is 4.81 Å². The van der Waals surface area contributed by atoms with E-state index in [9.17, 15) is 0 Å². The van der Waals surface area contributed by atoms with E-state index >= 15 is 0 Å². The highest BCUT2D eigenvalue weighted by atomic mass is 15.0. The molecule has 0 rings (SSSR count). The Morgan fingerprint density at radius 2 is 2.06 bits per heavy atom. The van der Waals surface area contributed by atoms with Gasteiger partial charge >= 0.3 is 0 Å². The lowest BCUT2D eigenvalue weighted by Gasteiger charge is -2.25. The first kappa shape index (κ1) is 16.2. The van der Waals surface area contributed by atoms with E-state index in [4.69, 9.17) is 0 Å². The van der Waals surface area contributed by atoms with Crippen molar-refractivity contribution in [3.8, 4) is 0 Å². The maximum absolute atomic E-state index is 4.08. The molecular weight excluding hydrogens is 207 g/mol. The molecule has 0 heterocycles. The highest BCUT2D eigenvalue weighted by molar-refractivity contribution is 6.33. The number of hydrogen-bond donors (Lipinski definition) is 0. The standard InChI is InChI=1S/C14H26BN2/c1-7-13(4)8-9-17(15-12(2)3)11-14(5)10-16-6/h7,10,12,14H,1,4,8-9,11H2,2-3,5-6H3. The van der Waals surface area contributed by atoms with Crippen LogP contribution < -0.4 is 0 Å². The first-order valence-electron chi connectivity index (χ1n) is 6.31. The quantitative estimate of drug-likeness (QED) is 0.339. The van der Waals surface area contributed by atoms with Crippen LogP contribution in [0.3, 0.4) is 0 Å². The van der Waals surface area contributed by atoms with Gasteiger partial charge in [-0.3, -0.25) is 0 Å². The maximum atomic E-state index is 4.08. The van der Waals surface area contributed by atoms with E-state index in [1.165, 1.54) is 0 Å². The topological polar surface area (TPSA) is 15.6 Å². The van der Waals surface area contributed by atoms with E-state index in [2.05, 4.69) is 51.1 Å². The van der Waals surface area contributed by atoms with Gasteiger partial charge in [-0.1, -0.05) is 51.4 Å². The van der Waals surface area contributed by atoms with Crippen LogP contribution in [0.15, 0.2) is 29.8 Å². The largest absolute Gasteiger partial charge is 0.345 e. The van der Waals surface area contributed by atoms with Gasteiger partial charge in [-0.05, 0) is 19.5 Å². The molecule has 95 valence electrons. The molecule has 0 aliphatic heterocycles. The van der Waals surface area contributed by atoms with E-state index < -0.39 is 0 Å². The lowest BCUT2D eigenvalue weighted by molar-refractivity contribution is 0.415. The van der Waals surface area contributed by atoms with Crippen molar-refractivity contribution >= 4 is 13.6 Å². The molecule has 0 aromatic heterocycles. The molecule has 0 aliphatic carbocycles. The van der Waals surface area contributed by atoms with Gasteiger partial charge in [-0.25, -0.2) is 0 Å². The fourth-order valence-electron chi connectivity index (χ4n) is 1.71. The second-order valence-electron chi connectivity index (χ2n) is 4.88. The van der Waals surface area contributed by atoms with Crippen molar-refractivity contribution in [2.45, 2.75) is 33.0 Å². The van der Waals surface area contributed by atoms with Gasteiger partial charge in [-0.15, -0.1) is 0 Å². The first-order valence-corrected chi connectivity index (χ1v) is 6.31. The predicted octanol–water partition coefficient (Wildman–Crippen LogP) is 3.20. The summed E-state index contributed by atoms with van der Waals surface area (Å²) in [4.78, 5) is 6.45. The second kappa shape index (κ2) is 9.23. The van der Waals surface area contributed by atoms with Crippen LogP contribution in [0.5, 0.6) is 0 Å². The zero-order valence-corrected chi connectivity index (χ0v) is 11.8. The molecule has 0 fully saturated rings. The minimum Gasteiger partial charge on any atom is -0.345 e. The van der Waals surface area contributed by atoms with E-state index in [1.54, 1.807) is 0 Å². The lowest BCUT2D eigenvalue weighted by Crippen LogP contribution is -2.35. The highest BCUT2D eigenvalue weighted by Gasteiger charge is 2.12. The molecule has 0 saturated heterocycles. The average Bonchev–Trinajstić information content (AvgIpc) is 2.24. The SMILES string of the molecule is C=CC(=C)CCN([B]C(C)C)CC(C)C=NC. The summed E-state index contributed by atoms with van der Waals surface area (Å²) in [5.41, 5.74) is 1.10. The van der Waals surface area contributed by atoms with E-state index in [0.29, 0.717) is 11.7 Å². The summed E-state index contributed by atoms with van der Waals surface area (Å²) in [5.74, 6) is 1.05. The molecule has 0 N–H and O–H groups in total. The normalized spacial score (nSPS) is 13.3. The zero-order valence-electron chi connectivity index (χ0n) is 11.8. The fourth-order valence-corrected chi connectivity index (χ4v) is 1.71. The monoisotopic (exact) mass is 233 g/mol. The lowest BCUT2D eigenvalue weighted by atomic mass is 9.75. The molecule has 1 unspecified atom stereocenters. The van der Waals surface area contributed by atoms with Crippen LogP contribution in [-0.4, -0.2) is 38.6 Å². The Morgan fingerprint density at radius 1 is 1.41 bits per heavy atom. The van der Waals surface area contributed by atoms with Crippen molar-refractivity contribution in [1.29, 1.82) is 0 Å². The van der Waals surface area contributed by atoms with Crippen LogP contribution in [0.4, 0.5) is 0 Å². The minimum absolute atomic E-state index is 0.479. The molecular formula is C14H26BN2. The number of nitrogens with zero attached hydrogens (tertiary/aromatic N) is 2. The Kier molecular flexibility index (Phi) is 8.78. The molecule has 1 radical (unpaired) electrons. The second-order valence-corrected chi connectivity index (χ2v) is 4.88.